The molecule has 0 bridgehead atoms. The smallest absolute Gasteiger partial charge is 0.327 e. The van der Waals surface area contributed by atoms with E-state index in [9.17, 15) is 29.4 Å². The monoisotopic (exact) mass is 573 g/mol. The molecule has 0 aromatic heterocycles. The van der Waals surface area contributed by atoms with E-state index in [1.54, 1.807) is 20.8 Å². The van der Waals surface area contributed by atoms with Crippen LogP contribution in [0.25, 0.3) is 0 Å². The fourth-order valence-electron chi connectivity index (χ4n) is 3.71. The summed E-state index contributed by atoms with van der Waals surface area (Å²) in [5.74, 6) is -3.78. The summed E-state index contributed by atoms with van der Waals surface area (Å²) in [6.07, 6.45) is -3.90. The Kier molecular flexibility index (Phi) is 12.8. The van der Waals surface area contributed by atoms with Gasteiger partial charge >= 0.3 is 23.9 Å². The Morgan fingerprint density at radius 2 is 1.44 bits per heavy atom. The summed E-state index contributed by atoms with van der Waals surface area (Å²) >= 11 is 6.33. The van der Waals surface area contributed by atoms with Crippen molar-refractivity contribution in [3.8, 4) is 11.5 Å². The van der Waals surface area contributed by atoms with Crippen molar-refractivity contribution in [1.82, 2.24) is 0 Å². The first-order valence-corrected chi connectivity index (χ1v) is 13.3. The zero-order valence-electron chi connectivity index (χ0n) is 22.2. The highest BCUT2D eigenvalue weighted by atomic mass is 35.5. The van der Waals surface area contributed by atoms with Crippen LogP contribution in [0, 0.1) is 0 Å². The molecule has 0 aliphatic carbocycles. The molecule has 13 heteroatoms. The molecule has 39 heavy (non-hydrogen) atoms. The normalized spacial score (nSPS) is 22.3. The van der Waals surface area contributed by atoms with Gasteiger partial charge in [0.2, 0.25) is 12.4 Å². The van der Waals surface area contributed by atoms with Crippen LogP contribution in [0.15, 0.2) is 18.2 Å². The third-order valence-electron chi connectivity index (χ3n) is 5.70. The SMILES string of the molecule is CCCC(=O)O[C@H]1[C@H](OC(=O)CCC)COC(OC(=O)[C@@H](N)C(Cl)c2ccc(O)c(O)c2)[C@@H]1OC(=O)CCC. The molecule has 1 aliphatic heterocycles. The highest BCUT2D eigenvalue weighted by Crippen LogP contribution is 2.33. The maximum absolute atomic E-state index is 13.0. The first kappa shape index (κ1) is 32.1. The van der Waals surface area contributed by atoms with Gasteiger partial charge in [-0.15, -0.1) is 11.6 Å². The molecule has 12 nitrogen and oxygen atoms in total. The number of carbonyl (C=O) groups is 4. The van der Waals surface area contributed by atoms with Crippen molar-refractivity contribution in [2.45, 2.75) is 95.3 Å². The molecule has 1 heterocycles. The quantitative estimate of drug-likeness (QED) is 0.136. The summed E-state index contributed by atoms with van der Waals surface area (Å²) in [6.45, 7) is 4.98. The second-order valence-electron chi connectivity index (χ2n) is 9.00. The number of aromatic hydroxyl groups is 2. The number of rotatable bonds is 13. The summed E-state index contributed by atoms with van der Waals surface area (Å²) in [7, 11) is 0. The average Bonchev–Trinajstić information content (AvgIpc) is 2.88. The Balaban J connectivity index is 2.30. The van der Waals surface area contributed by atoms with Crippen molar-refractivity contribution in [3.05, 3.63) is 23.8 Å². The van der Waals surface area contributed by atoms with Gasteiger partial charge in [0, 0.05) is 19.3 Å². The summed E-state index contributed by atoms with van der Waals surface area (Å²) in [5.41, 5.74) is 6.23. The van der Waals surface area contributed by atoms with Crippen LogP contribution in [0.2, 0.25) is 0 Å². The van der Waals surface area contributed by atoms with Crippen LogP contribution in [-0.4, -0.2) is 71.3 Å². The molecule has 2 rings (SSSR count). The van der Waals surface area contributed by atoms with E-state index in [-0.39, 0.29) is 37.2 Å². The van der Waals surface area contributed by atoms with Gasteiger partial charge < -0.3 is 39.6 Å². The predicted octanol–water partition coefficient (Wildman–Crippen LogP) is 2.74. The van der Waals surface area contributed by atoms with Gasteiger partial charge in [0.1, 0.15) is 6.04 Å². The van der Waals surface area contributed by atoms with Crippen LogP contribution in [0.3, 0.4) is 0 Å². The molecular formula is C26H36ClNO11. The van der Waals surface area contributed by atoms with Crippen LogP contribution in [0.4, 0.5) is 0 Å². The van der Waals surface area contributed by atoms with Gasteiger partial charge in [0.05, 0.1) is 12.0 Å². The lowest BCUT2D eigenvalue weighted by Gasteiger charge is -2.40. The Labute approximate surface area is 231 Å². The van der Waals surface area contributed by atoms with Crippen LogP contribution < -0.4 is 5.73 Å². The number of benzene rings is 1. The van der Waals surface area contributed by atoms with Crippen LogP contribution in [0.1, 0.15) is 70.2 Å². The third-order valence-corrected chi connectivity index (χ3v) is 6.22. The van der Waals surface area contributed by atoms with Crippen molar-refractivity contribution in [2.75, 3.05) is 6.61 Å². The molecule has 1 saturated heterocycles. The number of alkyl halides is 1. The first-order chi connectivity index (χ1) is 18.5. The summed E-state index contributed by atoms with van der Waals surface area (Å²) in [4.78, 5) is 50.1. The molecule has 1 fully saturated rings. The van der Waals surface area contributed by atoms with Crippen LogP contribution >= 0.6 is 11.6 Å². The highest BCUT2D eigenvalue weighted by Gasteiger charge is 2.49. The molecule has 218 valence electrons. The minimum absolute atomic E-state index is 0.0146. The lowest BCUT2D eigenvalue weighted by Crippen LogP contribution is -2.59. The minimum Gasteiger partial charge on any atom is -0.504 e. The van der Waals surface area contributed by atoms with Gasteiger partial charge in [-0.25, -0.2) is 0 Å². The summed E-state index contributed by atoms with van der Waals surface area (Å²) in [5, 5.41) is 18.1. The lowest BCUT2D eigenvalue weighted by molar-refractivity contribution is -0.276. The van der Waals surface area contributed by atoms with Gasteiger partial charge in [0.25, 0.3) is 0 Å². The topological polar surface area (TPSA) is 181 Å². The van der Waals surface area contributed by atoms with Crippen molar-refractivity contribution in [2.24, 2.45) is 5.73 Å². The molecule has 0 amide bonds. The van der Waals surface area contributed by atoms with E-state index >= 15 is 0 Å². The maximum atomic E-state index is 13.0. The molecule has 0 saturated carbocycles. The number of ether oxygens (including phenoxy) is 5. The number of nitrogens with two attached hydrogens (primary N) is 1. The van der Waals surface area contributed by atoms with Crippen molar-refractivity contribution >= 4 is 35.5 Å². The first-order valence-electron chi connectivity index (χ1n) is 12.8. The van der Waals surface area contributed by atoms with E-state index in [1.807, 2.05) is 0 Å². The van der Waals surface area contributed by atoms with Gasteiger partial charge in [-0.2, -0.15) is 0 Å². The predicted molar refractivity (Wildman–Crippen MR) is 137 cm³/mol. The Morgan fingerprint density at radius 1 is 0.897 bits per heavy atom. The van der Waals surface area contributed by atoms with Crippen LogP contribution in [0.5, 0.6) is 11.5 Å². The van der Waals surface area contributed by atoms with Gasteiger partial charge in [-0.3, -0.25) is 19.2 Å². The Morgan fingerprint density at radius 3 is 1.97 bits per heavy atom. The van der Waals surface area contributed by atoms with E-state index in [1.165, 1.54) is 12.1 Å². The lowest BCUT2D eigenvalue weighted by atomic mass is 10.0. The van der Waals surface area contributed by atoms with Crippen molar-refractivity contribution < 1.29 is 53.1 Å². The third kappa shape index (κ3) is 9.26. The standard InChI is InChI=1S/C26H36ClNO11/c1-4-7-18(31)36-17-13-35-26(24(38-20(33)9-6-3)23(17)37-19(32)8-5-2)39-25(34)22(28)21(27)14-10-11-15(29)16(30)12-14/h10-12,17,21-24,26,29-30H,4-9,13,28H2,1-3H3/t17-,21?,22+,23+,24-,26?/m1/s1. The number of halogens is 1. The molecule has 0 spiro atoms. The number of carbonyl (C=O) groups excluding carboxylic acids is 4. The second kappa shape index (κ2) is 15.5. The van der Waals surface area contributed by atoms with E-state index in [4.69, 9.17) is 41.0 Å². The zero-order chi connectivity index (χ0) is 29.1. The molecule has 1 aliphatic rings. The minimum atomic E-state index is -1.57. The van der Waals surface area contributed by atoms with Crippen molar-refractivity contribution in [3.63, 3.8) is 0 Å². The van der Waals surface area contributed by atoms with Gasteiger partial charge in [-0.1, -0.05) is 26.8 Å². The van der Waals surface area contributed by atoms with Gasteiger partial charge in [0.15, 0.2) is 23.7 Å². The van der Waals surface area contributed by atoms with Crippen molar-refractivity contribution in [1.29, 1.82) is 0 Å². The molecule has 6 atom stereocenters. The number of hydrogen-bond acceptors (Lipinski definition) is 12. The van der Waals surface area contributed by atoms with E-state index < -0.39 is 65.6 Å². The molecule has 1 aromatic carbocycles. The van der Waals surface area contributed by atoms with E-state index in [2.05, 4.69) is 0 Å². The number of phenolic OH excluding ortho intramolecular Hbond substituents is 2. The Bertz CT molecular complexity index is 1000. The molecule has 2 unspecified atom stereocenters. The summed E-state index contributed by atoms with van der Waals surface area (Å²) < 4.78 is 27.6. The summed E-state index contributed by atoms with van der Waals surface area (Å²) in [6, 6.07) is 2.21. The van der Waals surface area contributed by atoms with Crippen LogP contribution in [-0.2, 0) is 42.9 Å². The zero-order valence-corrected chi connectivity index (χ0v) is 22.9. The largest absolute Gasteiger partial charge is 0.504 e. The molecule has 1 aromatic rings. The fourth-order valence-corrected chi connectivity index (χ4v) is 3.95. The number of phenols is 2. The number of hydrogen-bond donors (Lipinski definition) is 3. The molecular weight excluding hydrogens is 538 g/mol. The van der Waals surface area contributed by atoms with E-state index in [0.29, 0.717) is 19.3 Å². The number of esters is 4. The molecule has 4 N–H and O–H groups in total. The highest BCUT2D eigenvalue weighted by molar-refractivity contribution is 6.22. The average molecular weight is 574 g/mol. The molecule has 0 radical (unpaired) electrons. The Hall–Kier alpha value is -3.09. The van der Waals surface area contributed by atoms with E-state index in [0.717, 1.165) is 6.07 Å². The van der Waals surface area contributed by atoms with Gasteiger partial charge in [-0.05, 0) is 37.0 Å². The second-order valence-corrected chi connectivity index (χ2v) is 9.47. The fraction of sp³-hybridized carbons (Fsp3) is 0.615. The maximum Gasteiger partial charge on any atom is 0.327 e.